The molecule has 0 spiro atoms. The average Bonchev–Trinajstić information content (AvgIpc) is 2.17. The van der Waals surface area contributed by atoms with Crippen molar-refractivity contribution in [3.63, 3.8) is 0 Å². The highest BCUT2D eigenvalue weighted by atomic mass is 15.2. The monoisotopic (exact) mass is 200 g/mol. The second-order valence-electron chi connectivity index (χ2n) is 4.83. The Labute approximate surface area is 91.1 Å². The van der Waals surface area contributed by atoms with Crippen molar-refractivity contribution >= 4 is 0 Å². The zero-order valence-electron chi connectivity index (χ0n) is 9.49. The van der Waals surface area contributed by atoms with Crippen LogP contribution in [0, 0.1) is 11.5 Å². The van der Waals surface area contributed by atoms with Crippen LogP contribution in [0.2, 0.25) is 0 Å². The van der Waals surface area contributed by atoms with Gasteiger partial charge in [0.15, 0.2) is 6.19 Å². The number of fused-ring (bicyclic) bond motifs is 1. The smallest absolute Gasteiger partial charge is 0.180 e. The van der Waals surface area contributed by atoms with Crippen LogP contribution in [0.5, 0.6) is 0 Å². The van der Waals surface area contributed by atoms with Crippen LogP contribution in [0.1, 0.15) is 37.9 Å². The van der Waals surface area contributed by atoms with Crippen molar-refractivity contribution in [2.75, 3.05) is 0 Å². The molecule has 2 nitrogen and oxygen atoms in total. The standard InChI is InChI=1S/C13H16N2/c1-10-12-7-5-4-6-11(12)8-13(2,3)15(10)9-14/h4-7,10H,8H2,1-3H3/t10-/m1/s1. The molecule has 0 N–H and O–H groups in total. The second kappa shape index (κ2) is 3.27. The first-order valence-corrected chi connectivity index (χ1v) is 5.33. The Morgan fingerprint density at radius 2 is 2.07 bits per heavy atom. The lowest BCUT2D eigenvalue weighted by molar-refractivity contribution is 0.132. The number of nitriles is 1. The maximum Gasteiger partial charge on any atom is 0.180 e. The van der Waals surface area contributed by atoms with Crippen molar-refractivity contribution in [2.45, 2.75) is 38.8 Å². The van der Waals surface area contributed by atoms with Crippen molar-refractivity contribution in [3.05, 3.63) is 35.4 Å². The van der Waals surface area contributed by atoms with Gasteiger partial charge in [-0.05, 0) is 38.3 Å². The van der Waals surface area contributed by atoms with Crippen LogP contribution >= 0.6 is 0 Å². The molecule has 15 heavy (non-hydrogen) atoms. The van der Waals surface area contributed by atoms with E-state index in [4.69, 9.17) is 0 Å². The van der Waals surface area contributed by atoms with Crippen LogP contribution in [0.15, 0.2) is 24.3 Å². The van der Waals surface area contributed by atoms with Crippen LogP contribution < -0.4 is 0 Å². The molecule has 2 rings (SSSR count). The highest BCUT2D eigenvalue weighted by Crippen LogP contribution is 2.37. The molecule has 0 saturated carbocycles. The summed E-state index contributed by atoms with van der Waals surface area (Å²) in [7, 11) is 0. The van der Waals surface area contributed by atoms with E-state index >= 15 is 0 Å². The molecule has 1 aromatic carbocycles. The summed E-state index contributed by atoms with van der Waals surface area (Å²) >= 11 is 0. The highest BCUT2D eigenvalue weighted by Gasteiger charge is 2.36. The quantitative estimate of drug-likeness (QED) is 0.602. The van der Waals surface area contributed by atoms with Crippen LogP contribution in [-0.2, 0) is 6.42 Å². The van der Waals surface area contributed by atoms with Gasteiger partial charge in [0, 0.05) is 5.54 Å². The molecule has 1 aliphatic heterocycles. The minimum absolute atomic E-state index is 0.0669. The van der Waals surface area contributed by atoms with E-state index in [1.54, 1.807) is 0 Å². The maximum absolute atomic E-state index is 9.20. The van der Waals surface area contributed by atoms with Gasteiger partial charge in [0.05, 0.1) is 6.04 Å². The van der Waals surface area contributed by atoms with Crippen molar-refractivity contribution in [1.82, 2.24) is 4.90 Å². The normalized spacial score (nSPS) is 23.1. The molecule has 0 unspecified atom stereocenters. The number of rotatable bonds is 0. The predicted octanol–water partition coefficient (Wildman–Crippen LogP) is 2.87. The number of hydrogen-bond acceptors (Lipinski definition) is 2. The topological polar surface area (TPSA) is 27.0 Å². The summed E-state index contributed by atoms with van der Waals surface area (Å²) < 4.78 is 0. The molecular formula is C13H16N2. The lowest BCUT2D eigenvalue weighted by Crippen LogP contribution is -2.47. The van der Waals surface area contributed by atoms with Gasteiger partial charge >= 0.3 is 0 Å². The third kappa shape index (κ3) is 1.48. The van der Waals surface area contributed by atoms with E-state index in [0.29, 0.717) is 0 Å². The first kappa shape index (κ1) is 10.0. The molecular weight excluding hydrogens is 184 g/mol. The van der Waals surface area contributed by atoms with Crippen LogP contribution in [0.4, 0.5) is 0 Å². The fraction of sp³-hybridized carbons (Fsp3) is 0.462. The molecule has 0 bridgehead atoms. The Morgan fingerprint density at radius 3 is 2.73 bits per heavy atom. The van der Waals surface area contributed by atoms with Gasteiger partial charge < -0.3 is 0 Å². The van der Waals surface area contributed by atoms with E-state index in [2.05, 4.69) is 45.2 Å². The molecule has 1 atom stereocenters. The maximum atomic E-state index is 9.20. The van der Waals surface area contributed by atoms with Gasteiger partial charge in [0.2, 0.25) is 0 Å². The average molecular weight is 200 g/mol. The lowest BCUT2D eigenvalue weighted by Gasteiger charge is -2.44. The molecule has 0 saturated heterocycles. The van der Waals surface area contributed by atoms with Crippen LogP contribution in [0.25, 0.3) is 0 Å². The molecule has 1 aliphatic rings. The second-order valence-corrected chi connectivity index (χ2v) is 4.83. The van der Waals surface area contributed by atoms with Gasteiger partial charge in [0.25, 0.3) is 0 Å². The van der Waals surface area contributed by atoms with Crippen LogP contribution in [0.3, 0.4) is 0 Å². The SMILES string of the molecule is C[C@@H]1c2ccccc2CC(C)(C)N1C#N. The third-order valence-corrected chi connectivity index (χ3v) is 3.28. The van der Waals surface area contributed by atoms with E-state index in [-0.39, 0.29) is 11.6 Å². The first-order chi connectivity index (χ1) is 7.06. The van der Waals surface area contributed by atoms with E-state index in [0.717, 1.165) is 6.42 Å². The van der Waals surface area contributed by atoms with Gasteiger partial charge in [-0.15, -0.1) is 0 Å². The van der Waals surface area contributed by atoms with Crippen molar-refractivity contribution in [1.29, 1.82) is 5.26 Å². The molecule has 0 aromatic heterocycles. The number of nitrogens with zero attached hydrogens (tertiary/aromatic N) is 2. The molecule has 0 amide bonds. The summed E-state index contributed by atoms with van der Waals surface area (Å²) in [5, 5.41) is 9.20. The summed E-state index contributed by atoms with van der Waals surface area (Å²) in [6, 6.07) is 8.60. The first-order valence-electron chi connectivity index (χ1n) is 5.33. The molecule has 0 aliphatic carbocycles. The van der Waals surface area contributed by atoms with E-state index in [1.165, 1.54) is 11.1 Å². The predicted molar refractivity (Wildman–Crippen MR) is 60.1 cm³/mol. The highest BCUT2D eigenvalue weighted by molar-refractivity contribution is 5.35. The number of hydrogen-bond donors (Lipinski definition) is 0. The minimum atomic E-state index is -0.0669. The fourth-order valence-electron chi connectivity index (χ4n) is 2.54. The summed E-state index contributed by atoms with van der Waals surface area (Å²) in [5.41, 5.74) is 2.60. The molecule has 2 heteroatoms. The summed E-state index contributed by atoms with van der Waals surface area (Å²) in [5.74, 6) is 0. The van der Waals surface area contributed by atoms with Gasteiger partial charge in [-0.1, -0.05) is 24.3 Å². The minimum Gasteiger partial charge on any atom is -0.298 e. The Kier molecular flexibility index (Phi) is 2.19. The van der Waals surface area contributed by atoms with Crippen molar-refractivity contribution in [3.8, 4) is 6.19 Å². The summed E-state index contributed by atoms with van der Waals surface area (Å²) in [4.78, 5) is 1.90. The van der Waals surface area contributed by atoms with E-state index in [1.807, 2.05) is 11.0 Å². The largest absolute Gasteiger partial charge is 0.298 e. The molecule has 1 aromatic rings. The molecule has 78 valence electrons. The Morgan fingerprint density at radius 1 is 1.40 bits per heavy atom. The third-order valence-electron chi connectivity index (χ3n) is 3.28. The van der Waals surface area contributed by atoms with E-state index < -0.39 is 0 Å². The van der Waals surface area contributed by atoms with Crippen LogP contribution in [-0.4, -0.2) is 10.4 Å². The number of benzene rings is 1. The van der Waals surface area contributed by atoms with Gasteiger partial charge in [0.1, 0.15) is 0 Å². The van der Waals surface area contributed by atoms with Gasteiger partial charge in [-0.3, -0.25) is 4.90 Å². The van der Waals surface area contributed by atoms with E-state index in [9.17, 15) is 5.26 Å². The molecule has 0 radical (unpaired) electrons. The zero-order valence-corrected chi connectivity index (χ0v) is 9.49. The Bertz CT molecular complexity index is 415. The summed E-state index contributed by atoms with van der Waals surface area (Å²) in [6.45, 7) is 6.36. The molecule has 1 heterocycles. The van der Waals surface area contributed by atoms with Crippen molar-refractivity contribution in [2.24, 2.45) is 0 Å². The fourth-order valence-corrected chi connectivity index (χ4v) is 2.54. The zero-order chi connectivity index (χ0) is 11.1. The van der Waals surface area contributed by atoms with Gasteiger partial charge in [-0.2, -0.15) is 5.26 Å². The Hall–Kier alpha value is -1.49. The molecule has 0 fully saturated rings. The summed E-state index contributed by atoms with van der Waals surface area (Å²) in [6.07, 6.45) is 3.26. The van der Waals surface area contributed by atoms with Gasteiger partial charge in [-0.25, -0.2) is 0 Å². The lowest BCUT2D eigenvalue weighted by atomic mass is 9.82. The van der Waals surface area contributed by atoms with Crippen molar-refractivity contribution < 1.29 is 0 Å². The Balaban J connectivity index is 2.51.